The molecular formula is C14H16BrNO3. The zero-order valence-electron chi connectivity index (χ0n) is 10.7. The molecular weight excluding hydrogens is 310 g/mol. The zero-order chi connectivity index (χ0) is 14.0. The lowest BCUT2D eigenvalue weighted by Crippen LogP contribution is -2.36. The van der Waals surface area contributed by atoms with Crippen LogP contribution >= 0.6 is 15.9 Å². The summed E-state index contributed by atoms with van der Waals surface area (Å²) in [6.45, 7) is 2.57. The van der Waals surface area contributed by atoms with Crippen LogP contribution < -0.4 is 0 Å². The lowest BCUT2D eigenvalue weighted by Gasteiger charge is -2.23. The SMILES string of the molecule is Cc1cc(Br)cc(C(=O)N2CCCC2CC(=O)O)c1. The Kier molecular flexibility index (Phi) is 4.24. The van der Waals surface area contributed by atoms with Gasteiger partial charge in [-0.3, -0.25) is 9.59 Å². The molecule has 1 atom stereocenters. The molecule has 1 fully saturated rings. The maximum Gasteiger partial charge on any atom is 0.305 e. The number of carbonyl (C=O) groups excluding carboxylic acids is 1. The van der Waals surface area contributed by atoms with Crippen LogP contribution in [0.25, 0.3) is 0 Å². The summed E-state index contributed by atoms with van der Waals surface area (Å²) >= 11 is 3.38. The van der Waals surface area contributed by atoms with Gasteiger partial charge in [-0.2, -0.15) is 0 Å². The fraction of sp³-hybridized carbons (Fsp3) is 0.429. The van der Waals surface area contributed by atoms with E-state index in [1.165, 1.54) is 0 Å². The van der Waals surface area contributed by atoms with Crippen LogP contribution in [0.1, 0.15) is 35.2 Å². The van der Waals surface area contributed by atoms with Crippen LogP contribution in [0.4, 0.5) is 0 Å². The molecule has 102 valence electrons. The van der Waals surface area contributed by atoms with Gasteiger partial charge in [-0.05, 0) is 43.5 Å². The molecule has 1 heterocycles. The highest BCUT2D eigenvalue weighted by Crippen LogP contribution is 2.24. The number of carboxylic acid groups (broad SMARTS) is 1. The van der Waals surface area contributed by atoms with Gasteiger partial charge < -0.3 is 10.0 Å². The van der Waals surface area contributed by atoms with Crippen LogP contribution in [0.5, 0.6) is 0 Å². The molecule has 0 saturated carbocycles. The van der Waals surface area contributed by atoms with Crippen LogP contribution in [0.3, 0.4) is 0 Å². The summed E-state index contributed by atoms with van der Waals surface area (Å²) in [6, 6.07) is 5.38. The first-order chi connectivity index (χ1) is 8.97. The molecule has 1 aliphatic rings. The van der Waals surface area contributed by atoms with Crippen molar-refractivity contribution in [2.75, 3.05) is 6.54 Å². The predicted octanol–water partition coefficient (Wildman–Crippen LogP) is 2.84. The Morgan fingerprint density at radius 2 is 2.16 bits per heavy atom. The van der Waals surface area contributed by atoms with Gasteiger partial charge in [0.2, 0.25) is 0 Å². The normalized spacial score (nSPS) is 18.6. The Morgan fingerprint density at radius 1 is 1.42 bits per heavy atom. The second-order valence-electron chi connectivity index (χ2n) is 4.91. The number of benzene rings is 1. The Hall–Kier alpha value is -1.36. The summed E-state index contributed by atoms with van der Waals surface area (Å²) in [4.78, 5) is 25.0. The van der Waals surface area contributed by atoms with Gasteiger partial charge in [-0.15, -0.1) is 0 Å². The average Bonchev–Trinajstić information content (AvgIpc) is 2.73. The Bertz CT molecular complexity index is 495. The van der Waals surface area contributed by atoms with Crippen molar-refractivity contribution in [2.45, 2.75) is 32.2 Å². The predicted molar refractivity (Wildman–Crippen MR) is 75.2 cm³/mol. The number of carbonyl (C=O) groups is 2. The quantitative estimate of drug-likeness (QED) is 0.929. The molecule has 4 nitrogen and oxygen atoms in total. The molecule has 0 bridgehead atoms. The Morgan fingerprint density at radius 3 is 2.79 bits per heavy atom. The second-order valence-corrected chi connectivity index (χ2v) is 5.83. The highest BCUT2D eigenvalue weighted by atomic mass is 79.9. The maximum absolute atomic E-state index is 12.5. The van der Waals surface area contributed by atoms with Gasteiger partial charge in [-0.1, -0.05) is 15.9 Å². The third-order valence-electron chi connectivity index (χ3n) is 3.34. The van der Waals surface area contributed by atoms with Gasteiger partial charge in [-0.25, -0.2) is 0 Å². The number of halogens is 1. The van der Waals surface area contributed by atoms with Crippen LogP contribution in [-0.4, -0.2) is 34.5 Å². The number of amides is 1. The van der Waals surface area contributed by atoms with Crippen molar-refractivity contribution in [2.24, 2.45) is 0 Å². The van der Waals surface area contributed by atoms with Gasteiger partial charge in [0.1, 0.15) is 0 Å². The van der Waals surface area contributed by atoms with E-state index in [4.69, 9.17) is 5.11 Å². The molecule has 1 aromatic carbocycles. The molecule has 1 N–H and O–H groups in total. The van der Waals surface area contributed by atoms with E-state index in [0.717, 1.165) is 22.9 Å². The molecule has 1 aliphatic heterocycles. The number of rotatable bonds is 3. The minimum Gasteiger partial charge on any atom is -0.481 e. The van der Waals surface area contributed by atoms with Crippen molar-refractivity contribution in [3.05, 3.63) is 33.8 Å². The summed E-state index contributed by atoms with van der Waals surface area (Å²) in [5, 5.41) is 8.89. The Balaban J connectivity index is 2.20. The first kappa shape index (κ1) is 14.1. The van der Waals surface area contributed by atoms with Gasteiger partial charge in [0.25, 0.3) is 5.91 Å². The average molecular weight is 326 g/mol. The summed E-state index contributed by atoms with van der Waals surface area (Å²) in [5.41, 5.74) is 1.62. The molecule has 0 aromatic heterocycles. The standard InChI is InChI=1S/C14H16BrNO3/c1-9-5-10(7-11(15)6-9)14(19)16-4-2-3-12(16)8-13(17)18/h5-7,12H,2-4,8H2,1H3,(H,17,18). The van der Waals surface area contributed by atoms with Crippen LogP contribution in [0.15, 0.2) is 22.7 Å². The second kappa shape index (κ2) is 5.74. The van der Waals surface area contributed by atoms with E-state index in [2.05, 4.69) is 15.9 Å². The van der Waals surface area contributed by atoms with Gasteiger partial charge in [0.05, 0.1) is 6.42 Å². The smallest absolute Gasteiger partial charge is 0.305 e. The van der Waals surface area contributed by atoms with Crippen LogP contribution in [0, 0.1) is 6.92 Å². The van der Waals surface area contributed by atoms with Crippen molar-refractivity contribution in [1.82, 2.24) is 4.90 Å². The van der Waals surface area contributed by atoms with Crippen molar-refractivity contribution in [3.63, 3.8) is 0 Å². The number of likely N-dealkylation sites (tertiary alicyclic amines) is 1. The van der Waals surface area contributed by atoms with E-state index in [1.54, 1.807) is 11.0 Å². The molecule has 5 heteroatoms. The number of hydrogen-bond acceptors (Lipinski definition) is 2. The summed E-state index contributed by atoms with van der Waals surface area (Å²) in [6.07, 6.45) is 1.67. The van der Waals surface area contributed by atoms with E-state index < -0.39 is 5.97 Å². The van der Waals surface area contributed by atoms with Gasteiger partial charge >= 0.3 is 5.97 Å². The van der Waals surface area contributed by atoms with Crippen molar-refractivity contribution in [3.8, 4) is 0 Å². The minimum absolute atomic E-state index is 0.0265. The molecule has 1 amide bonds. The zero-order valence-corrected chi connectivity index (χ0v) is 12.3. The van der Waals surface area contributed by atoms with Crippen molar-refractivity contribution < 1.29 is 14.7 Å². The number of carboxylic acids is 1. The molecule has 1 saturated heterocycles. The number of hydrogen-bond donors (Lipinski definition) is 1. The van der Waals surface area contributed by atoms with Gasteiger partial charge in [0.15, 0.2) is 0 Å². The molecule has 2 rings (SSSR count). The monoisotopic (exact) mass is 325 g/mol. The minimum atomic E-state index is -0.852. The third kappa shape index (κ3) is 3.35. The summed E-state index contributed by atoms with van der Waals surface area (Å²) in [7, 11) is 0. The summed E-state index contributed by atoms with van der Waals surface area (Å²) in [5.74, 6) is -0.928. The van der Waals surface area contributed by atoms with E-state index in [9.17, 15) is 9.59 Å². The molecule has 19 heavy (non-hydrogen) atoms. The van der Waals surface area contributed by atoms with Crippen molar-refractivity contribution in [1.29, 1.82) is 0 Å². The number of aryl methyl sites for hydroxylation is 1. The van der Waals surface area contributed by atoms with Gasteiger partial charge in [0, 0.05) is 22.6 Å². The van der Waals surface area contributed by atoms with E-state index in [-0.39, 0.29) is 18.4 Å². The molecule has 0 aliphatic carbocycles. The Labute approximate surface area is 120 Å². The van der Waals surface area contributed by atoms with Crippen LogP contribution in [-0.2, 0) is 4.79 Å². The number of nitrogens with zero attached hydrogens (tertiary/aromatic N) is 1. The topological polar surface area (TPSA) is 57.6 Å². The fourth-order valence-corrected chi connectivity index (χ4v) is 3.15. The fourth-order valence-electron chi connectivity index (χ4n) is 2.54. The molecule has 1 unspecified atom stereocenters. The first-order valence-electron chi connectivity index (χ1n) is 6.27. The molecule has 1 aromatic rings. The van der Waals surface area contributed by atoms with E-state index >= 15 is 0 Å². The highest BCUT2D eigenvalue weighted by molar-refractivity contribution is 9.10. The van der Waals surface area contributed by atoms with E-state index in [0.29, 0.717) is 12.1 Å². The summed E-state index contributed by atoms with van der Waals surface area (Å²) < 4.78 is 0.866. The largest absolute Gasteiger partial charge is 0.481 e. The van der Waals surface area contributed by atoms with Crippen molar-refractivity contribution >= 4 is 27.8 Å². The number of aliphatic carboxylic acids is 1. The lowest BCUT2D eigenvalue weighted by atomic mass is 10.1. The van der Waals surface area contributed by atoms with Crippen LogP contribution in [0.2, 0.25) is 0 Å². The first-order valence-corrected chi connectivity index (χ1v) is 7.06. The third-order valence-corrected chi connectivity index (χ3v) is 3.80. The highest BCUT2D eigenvalue weighted by Gasteiger charge is 2.31. The lowest BCUT2D eigenvalue weighted by molar-refractivity contribution is -0.137. The van der Waals surface area contributed by atoms with E-state index in [1.807, 2.05) is 19.1 Å². The molecule has 0 radical (unpaired) electrons. The maximum atomic E-state index is 12.5. The molecule has 0 spiro atoms.